The van der Waals surface area contributed by atoms with Crippen LogP contribution >= 0.6 is 11.5 Å². The summed E-state index contributed by atoms with van der Waals surface area (Å²) in [5.74, 6) is 0.264. The normalized spacial score (nSPS) is 20.1. The van der Waals surface area contributed by atoms with Crippen molar-refractivity contribution in [3.63, 3.8) is 0 Å². The maximum Gasteiger partial charge on any atom is 0.258 e. The molecule has 3 rings (SSSR count). The smallest absolute Gasteiger partial charge is 0.258 e. The van der Waals surface area contributed by atoms with Gasteiger partial charge < -0.3 is 20.7 Å². The number of nitrogen functional groups attached to an aromatic ring is 1. The molecule has 1 aromatic heterocycles. The maximum atomic E-state index is 12.3. The molecule has 0 atom stereocenters. The van der Waals surface area contributed by atoms with Crippen molar-refractivity contribution in [2.75, 3.05) is 30.8 Å². The summed E-state index contributed by atoms with van der Waals surface area (Å²) >= 11 is 1.32. The molecule has 1 saturated heterocycles. The molecule has 1 aliphatic heterocycles. The molecule has 2 aliphatic rings. The van der Waals surface area contributed by atoms with Crippen molar-refractivity contribution < 1.29 is 9.53 Å². The van der Waals surface area contributed by atoms with Gasteiger partial charge in [0.05, 0.1) is 6.10 Å². The van der Waals surface area contributed by atoms with E-state index in [1.54, 1.807) is 7.11 Å². The second-order valence-electron chi connectivity index (χ2n) is 5.42. The number of nitrogens with zero attached hydrogens (tertiary/aromatic N) is 2. The van der Waals surface area contributed by atoms with E-state index in [1.165, 1.54) is 11.5 Å². The summed E-state index contributed by atoms with van der Waals surface area (Å²) in [5, 5.41) is 3.89. The quantitative estimate of drug-likeness (QED) is 0.873. The molecule has 0 bridgehead atoms. The number of ether oxygens (including phenoxy) is 1. The molecule has 3 N–H and O–H groups in total. The molecule has 0 unspecified atom stereocenters. The number of carbonyl (C=O) groups excluding carboxylic acids is 1. The van der Waals surface area contributed by atoms with Crippen molar-refractivity contribution in [2.24, 2.45) is 0 Å². The van der Waals surface area contributed by atoms with E-state index in [1.807, 2.05) is 0 Å². The van der Waals surface area contributed by atoms with Crippen LogP contribution in [0, 0.1) is 0 Å². The van der Waals surface area contributed by atoms with Crippen molar-refractivity contribution in [2.45, 2.75) is 37.8 Å². The number of nitrogens with one attached hydrogen (secondary N) is 1. The Labute approximate surface area is 122 Å². The van der Waals surface area contributed by atoms with E-state index >= 15 is 0 Å². The maximum absolute atomic E-state index is 12.3. The molecule has 7 heteroatoms. The van der Waals surface area contributed by atoms with Crippen LogP contribution in [0.4, 0.5) is 10.8 Å². The third kappa shape index (κ3) is 2.73. The third-order valence-electron chi connectivity index (χ3n) is 3.90. The predicted molar refractivity (Wildman–Crippen MR) is 79.3 cm³/mol. The van der Waals surface area contributed by atoms with Gasteiger partial charge in [-0.1, -0.05) is 0 Å². The SMILES string of the molecule is COC1CCN(c2snc(N)c2C(=O)NC2CC2)CC1. The van der Waals surface area contributed by atoms with Gasteiger partial charge in [0.15, 0.2) is 5.82 Å². The molecule has 0 spiro atoms. The summed E-state index contributed by atoms with van der Waals surface area (Å²) in [5.41, 5.74) is 6.44. The number of hydrogen-bond acceptors (Lipinski definition) is 6. The van der Waals surface area contributed by atoms with E-state index in [-0.39, 0.29) is 5.91 Å². The molecule has 2 fully saturated rings. The minimum absolute atomic E-state index is 0.0809. The average molecular weight is 296 g/mol. The highest BCUT2D eigenvalue weighted by molar-refractivity contribution is 7.11. The van der Waals surface area contributed by atoms with Crippen LogP contribution < -0.4 is 16.0 Å². The Morgan fingerprint density at radius 2 is 2.10 bits per heavy atom. The Hall–Kier alpha value is -1.34. The van der Waals surface area contributed by atoms with Gasteiger partial charge in [-0.05, 0) is 37.2 Å². The molecule has 2 heterocycles. The molecular formula is C13H20N4O2S. The van der Waals surface area contributed by atoms with Crippen LogP contribution in [0.5, 0.6) is 0 Å². The zero-order chi connectivity index (χ0) is 14.1. The molecule has 1 aliphatic carbocycles. The lowest BCUT2D eigenvalue weighted by Crippen LogP contribution is -2.37. The Morgan fingerprint density at radius 3 is 2.70 bits per heavy atom. The van der Waals surface area contributed by atoms with Gasteiger partial charge in [-0.2, -0.15) is 4.37 Å². The van der Waals surface area contributed by atoms with Crippen molar-refractivity contribution in [1.82, 2.24) is 9.69 Å². The topological polar surface area (TPSA) is 80.5 Å². The van der Waals surface area contributed by atoms with E-state index in [0.29, 0.717) is 23.5 Å². The number of piperidine rings is 1. The monoisotopic (exact) mass is 296 g/mol. The second kappa shape index (κ2) is 5.57. The highest BCUT2D eigenvalue weighted by Crippen LogP contribution is 2.33. The summed E-state index contributed by atoms with van der Waals surface area (Å²) in [7, 11) is 1.75. The molecule has 110 valence electrons. The number of methoxy groups -OCH3 is 1. The minimum atomic E-state index is -0.0809. The number of aromatic nitrogens is 1. The fourth-order valence-electron chi connectivity index (χ4n) is 2.50. The molecule has 0 aromatic carbocycles. The van der Waals surface area contributed by atoms with Crippen LogP contribution in [0.15, 0.2) is 0 Å². The van der Waals surface area contributed by atoms with E-state index in [0.717, 1.165) is 43.8 Å². The van der Waals surface area contributed by atoms with Crippen LogP contribution in [-0.4, -0.2) is 42.6 Å². The lowest BCUT2D eigenvalue weighted by atomic mass is 10.1. The van der Waals surface area contributed by atoms with Crippen LogP contribution in [0.25, 0.3) is 0 Å². The predicted octanol–water partition coefficient (Wildman–Crippen LogP) is 1.23. The Kier molecular flexibility index (Phi) is 3.80. The highest BCUT2D eigenvalue weighted by Gasteiger charge is 2.30. The lowest BCUT2D eigenvalue weighted by molar-refractivity contribution is 0.0819. The second-order valence-corrected chi connectivity index (χ2v) is 6.17. The van der Waals surface area contributed by atoms with Crippen molar-refractivity contribution in [3.8, 4) is 0 Å². The van der Waals surface area contributed by atoms with E-state index in [9.17, 15) is 4.79 Å². The van der Waals surface area contributed by atoms with E-state index < -0.39 is 0 Å². The van der Waals surface area contributed by atoms with Gasteiger partial charge in [0.2, 0.25) is 0 Å². The zero-order valence-electron chi connectivity index (χ0n) is 11.6. The first kappa shape index (κ1) is 13.6. The summed E-state index contributed by atoms with van der Waals surface area (Å²) in [6.07, 6.45) is 4.39. The van der Waals surface area contributed by atoms with Crippen LogP contribution in [-0.2, 0) is 4.74 Å². The fourth-order valence-corrected chi connectivity index (χ4v) is 3.37. The van der Waals surface area contributed by atoms with E-state index in [4.69, 9.17) is 10.5 Å². The van der Waals surface area contributed by atoms with Crippen molar-refractivity contribution in [1.29, 1.82) is 0 Å². The molecule has 1 amide bonds. The lowest BCUT2D eigenvalue weighted by Gasteiger charge is -2.32. The van der Waals surface area contributed by atoms with Crippen LogP contribution in [0.1, 0.15) is 36.0 Å². The number of rotatable bonds is 4. The van der Waals surface area contributed by atoms with Gasteiger partial charge in [0, 0.05) is 26.2 Å². The first-order valence-electron chi connectivity index (χ1n) is 7.02. The largest absolute Gasteiger partial charge is 0.382 e. The molecular weight excluding hydrogens is 276 g/mol. The van der Waals surface area contributed by atoms with Gasteiger partial charge in [-0.25, -0.2) is 0 Å². The Morgan fingerprint density at radius 1 is 1.40 bits per heavy atom. The summed E-state index contributed by atoms with van der Waals surface area (Å²) < 4.78 is 9.54. The van der Waals surface area contributed by atoms with Gasteiger partial charge in [0.1, 0.15) is 10.6 Å². The standard InChI is InChI=1S/C13H20N4O2S/c1-19-9-4-6-17(7-5-9)13-10(11(14)16-20-13)12(18)15-8-2-3-8/h8-9H,2-7H2,1H3,(H2,14,16)(H,15,18). The first-order valence-corrected chi connectivity index (χ1v) is 7.80. The van der Waals surface area contributed by atoms with Gasteiger partial charge in [-0.15, -0.1) is 0 Å². The van der Waals surface area contributed by atoms with Gasteiger partial charge in [0.25, 0.3) is 5.91 Å². The Bertz CT molecular complexity index is 493. The number of hydrogen-bond donors (Lipinski definition) is 2. The Balaban J connectivity index is 1.74. The molecule has 6 nitrogen and oxygen atoms in total. The number of nitrogens with two attached hydrogens (primary N) is 1. The average Bonchev–Trinajstić information content (AvgIpc) is 3.19. The van der Waals surface area contributed by atoms with Crippen molar-refractivity contribution >= 4 is 28.3 Å². The molecule has 0 radical (unpaired) electrons. The molecule has 1 saturated carbocycles. The summed E-state index contributed by atoms with van der Waals surface area (Å²) in [6.45, 7) is 1.76. The minimum Gasteiger partial charge on any atom is -0.382 e. The zero-order valence-corrected chi connectivity index (χ0v) is 12.4. The van der Waals surface area contributed by atoms with Crippen LogP contribution in [0.3, 0.4) is 0 Å². The van der Waals surface area contributed by atoms with Gasteiger partial charge in [-0.3, -0.25) is 4.79 Å². The van der Waals surface area contributed by atoms with Crippen molar-refractivity contribution in [3.05, 3.63) is 5.56 Å². The highest BCUT2D eigenvalue weighted by atomic mass is 32.1. The van der Waals surface area contributed by atoms with E-state index in [2.05, 4.69) is 14.6 Å². The summed E-state index contributed by atoms with van der Waals surface area (Å²) in [4.78, 5) is 14.5. The molecule has 20 heavy (non-hydrogen) atoms. The number of anilines is 2. The summed E-state index contributed by atoms with van der Waals surface area (Å²) in [6, 6.07) is 0.328. The van der Waals surface area contributed by atoms with Crippen LogP contribution in [0.2, 0.25) is 0 Å². The first-order chi connectivity index (χ1) is 9.69. The number of carbonyl (C=O) groups is 1. The van der Waals surface area contributed by atoms with Gasteiger partial charge >= 0.3 is 0 Å². The third-order valence-corrected chi connectivity index (χ3v) is 4.83. The number of amides is 1. The molecule has 1 aromatic rings. The fraction of sp³-hybridized carbons (Fsp3) is 0.692.